The molecule has 0 radical (unpaired) electrons. The molecular formula is C42H81N7O9. The first-order chi connectivity index (χ1) is 27.8. The fourth-order valence-electron chi connectivity index (χ4n) is 7.00. The first-order valence-electron chi connectivity index (χ1n) is 21.9. The Kier molecular flexibility index (Phi) is 26.5. The van der Waals surface area contributed by atoms with Crippen LogP contribution in [0.4, 0.5) is 0 Å². The number of unbranched alkanes of at least 4 members (excludes halogenated alkanes) is 1. The third-order valence-electron chi connectivity index (χ3n) is 11.7. The second-order valence-electron chi connectivity index (χ2n) is 16.9. The summed E-state index contributed by atoms with van der Waals surface area (Å²) in [5.74, 6) is -1.44. The monoisotopic (exact) mass is 828 g/mol. The normalized spacial score (nSPS) is 16.4. The molecule has 16 nitrogen and oxygen atoms in total. The van der Waals surface area contributed by atoms with Gasteiger partial charge in [0, 0.05) is 90.6 Å². The van der Waals surface area contributed by atoms with Crippen LogP contribution in [0, 0.1) is 5.41 Å². The van der Waals surface area contributed by atoms with Gasteiger partial charge in [-0.1, -0.05) is 6.92 Å². The average Bonchev–Trinajstić information content (AvgIpc) is 3.21. The molecule has 2 aliphatic rings. The minimum absolute atomic E-state index is 0.0471. The van der Waals surface area contributed by atoms with Gasteiger partial charge < -0.3 is 54.3 Å². The molecule has 2 saturated heterocycles. The second-order valence-corrected chi connectivity index (χ2v) is 16.9. The predicted molar refractivity (Wildman–Crippen MR) is 226 cm³/mol. The third kappa shape index (κ3) is 22.8. The minimum Gasteiger partial charge on any atom is -0.469 e. The van der Waals surface area contributed by atoms with Crippen LogP contribution in [0.15, 0.2) is 0 Å². The van der Waals surface area contributed by atoms with E-state index in [2.05, 4.69) is 49.2 Å². The van der Waals surface area contributed by atoms with Crippen LogP contribution in [0.5, 0.6) is 0 Å². The maximum atomic E-state index is 13.2. The summed E-state index contributed by atoms with van der Waals surface area (Å²) in [7, 11) is 5.66. The van der Waals surface area contributed by atoms with Crippen molar-refractivity contribution in [3.05, 3.63) is 0 Å². The molecule has 0 spiro atoms. The van der Waals surface area contributed by atoms with E-state index in [1.54, 1.807) is 0 Å². The van der Waals surface area contributed by atoms with Crippen molar-refractivity contribution in [2.24, 2.45) is 5.41 Å². The Hall–Kier alpha value is -2.44. The molecule has 0 aromatic rings. The molecule has 0 saturated carbocycles. The molecule has 0 bridgehead atoms. The van der Waals surface area contributed by atoms with Gasteiger partial charge in [0.2, 0.25) is 0 Å². The summed E-state index contributed by atoms with van der Waals surface area (Å²) >= 11 is 0. The number of nitrogens with zero attached hydrogens (tertiary/aromatic N) is 5. The molecular weight excluding hydrogens is 747 g/mol. The largest absolute Gasteiger partial charge is 0.469 e. The van der Waals surface area contributed by atoms with Crippen LogP contribution < -0.4 is 10.6 Å². The molecule has 2 rings (SSSR count). The van der Waals surface area contributed by atoms with E-state index in [4.69, 9.17) is 18.9 Å². The number of aliphatic hydroxyl groups is 1. The molecule has 0 aromatic carbocycles. The van der Waals surface area contributed by atoms with Crippen molar-refractivity contribution in [2.75, 3.05) is 152 Å². The summed E-state index contributed by atoms with van der Waals surface area (Å²) in [4.78, 5) is 62.6. The van der Waals surface area contributed by atoms with E-state index < -0.39 is 16.9 Å². The zero-order valence-corrected chi connectivity index (χ0v) is 37.2. The molecule has 338 valence electrons. The Morgan fingerprint density at radius 1 is 0.621 bits per heavy atom. The molecule has 0 aromatic heterocycles. The number of carbonyl (C=O) groups excluding carboxylic acids is 4. The van der Waals surface area contributed by atoms with Crippen LogP contribution in [0.3, 0.4) is 0 Å². The predicted octanol–water partition coefficient (Wildman–Crippen LogP) is 1.44. The van der Waals surface area contributed by atoms with E-state index in [-0.39, 0.29) is 70.0 Å². The highest BCUT2D eigenvalue weighted by Crippen LogP contribution is 2.26. The highest BCUT2D eigenvalue weighted by molar-refractivity contribution is 5.71. The maximum absolute atomic E-state index is 13.2. The fraction of sp³-hybridized carbons (Fsp3) is 0.905. The van der Waals surface area contributed by atoms with Gasteiger partial charge in [-0.05, 0) is 99.2 Å². The van der Waals surface area contributed by atoms with Crippen LogP contribution in [-0.4, -0.2) is 211 Å². The van der Waals surface area contributed by atoms with Gasteiger partial charge in [0.25, 0.3) is 0 Å². The number of nitrogens with one attached hydrogen (secondary N) is 2. The Morgan fingerprint density at radius 2 is 1.09 bits per heavy atom. The van der Waals surface area contributed by atoms with Crippen LogP contribution >= 0.6 is 0 Å². The van der Waals surface area contributed by atoms with Crippen molar-refractivity contribution in [3.8, 4) is 0 Å². The number of likely N-dealkylation sites (N-methyl/N-ethyl adjacent to an activating group) is 2. The SMILES string of the molecule is CCC(COC(=O)CCNCCCN1CCN(C)CC1)(COC(=O)CCNCCCN1CCN(C)CC1)COC(=O)CCC(C)(C)N(CCCCO)CCC(=O)OC. The topological polar surface area (TPSA) is 166 Å². The number of hydrogen-bond donors (Lipinski definition) is 3. The van der Waals surface area contributed by atoms with Gasteiger partial charge in [-0.2, -0.15) is 0 Å². The summed E-state index contributed by atoms with van der Waals surface area (Å²) in [5.41, 5.74) is -1.34. The molecule has 0 unspecified atom stereocenters. The number of piperazine rings is 2. The highest BCUT2D eigenvalue weighted by Gasteiger charge is 2.35. The Bertz CT molecular complexity index is 1100. The van der Waals surface area contributed by atoms with Gasteiger partial charge in [0.1, 0.15) is 19.8 Å². The Balaban J connectivity index is 1.88. The molecule has 16 heteroatoms. The molecule has 0 amide bonds. The van der Waals surface area contributed by atoms with Gasteiger partial charge in [-0.25, -0.2) is 0 Å². The Morgan fingerprint density at radius 3 is 1.52 bits per heavy atom. The highest BCUT2D eigenvalue weighted by atomic mass is 16.6. The quantitative estimate of drug-likeness (QED) is 0.0507. The number of aliphatic hydroxyl groups excluding tert-OH is 1. The van der Waals surface area contributed by atoms with Crippen LogP contribution in [0.2, 0.25) is 0 Å². The molecule has 0 aliphatic carbocycles. The minimum atomic E-state index is -0.904. The second kappa shape index (κ2) is 29.7. The number of hydrogen-bond acceptors (Lipinski definition) is 16. The zero-order chi connectivity index (χ0) is 42.7. The fourth-order valence-corrected chi connectivity index (χ4v) is 7.00. The average molecular weight is 828 g/mol. The maximum Gasteiger partial charge on any atom is 0.307 e. The van der Waals surface area contributed by atoms with Crippen LogP contribution in [0.25, 0.3) is 0 Å². The van der Waals surface area contributed by atoms with E-state index in [0.717, 1.165) is 97.8 Å². The summed E-state index contributed by atoms with van der Waals surface area (Å²) in [6.45, 7) is 20.4. The van der Waals surface area contributed by atoms with Gasteiger partial charge in [0.05, 0.1) is 31.8 Å². The van der Waals surface area contributed by atoms with Gasteiger partial charge in [-0.15, -0.1) is 0 Å². The zero-order valence-electron chi connectivity index (χ0n) is 37.2. The van der Waals surface area contributed by atoms with Crippen molar-refractivity contribution in [2.45, 2.75) is 90.5 Å². The summed E-state index contributed by atoms with van der Waals surface area (Å²) in [5, 5.41) is 16.0. The molecule has 58 heavy (non-hydrogen) atoms. The third-order valence-corrected chi connectivity index (χ3v) is 11.7. The lowest BCUT2D eigenvalue weighted by Crippen LogP contribution is -2.46. The van der Waals surface area contributed by atoms with Crippen LogP contribution in [0.1, 0.15) is 85.0 Å². The number of ether oxygens (including phenoxy) is 4. The summed E-state index contributed by atoms with van der Waals surface area (Å²) in [6, 6.07) is 0. The standard InChI is InChI=1S/C42H81N7O9/c1-7-42(35-57-39(53)13-19-43-17-10-21-47-29-25-45(4)26-30-47,36-58-40(54)14-20-44-18-11-22-48-31-27-46(5)28-32-48)34-56-38(52)12-16-41(2,3)49(23-8-9-33-50)24-15-37(51)55-6/h43-44,50H,7-36H2,1-6H3. The summed E-state index contributed by atoms with van der Waals surface area (Å²) in [6.07, 6.45) is 5.09. The molecule has 2 fully saturated rings. The smallest absolute Gasteiger partial charge is 0.307 e. The van der Waals surface area contributed by atoms with Gasteiger partial charge in [-0.3, -0.25) is 24.1 Å². The summed E-state index contributed by atoms with van der Waals surface area (Å²) < 4.78 is 22.2. The number of methoxy groups -OCH3 is 1. The first kappa shape index (κ1) is 51.7. The van der Waals surface area contributed by atoms with Gasteiger partial charge in [0.15, 0.2) is 0 Å². The van der Waals surface area contributed by atoms with E-state index in [1.165, 1.54) is 7.11 Å². The molecule has 2 aliphatic heterocycles. The molecule has 3 N–H and O–H groups in total. The Labute approximate surface area is 349 Å². The van der Waals surface area contributed by atoms with E-state index in [1.807, 2.05) is 20.8 Å². The number of rotatable bonds is 32. The van der Waals surface area contributed by atoms with E-state index >= 15 is 0 Å². The van der Waals surface area contributed by atoms with Crippen molar-refractivity contribution in [3.63, 3.8) is 0 Å². The molecule has 0 atom stereocenters. The first-order valence-corrected chi connectivity index (χ1v) is 21.9. The number of esters is 4. The van der Waals surface area contributed by atoms with Gasteiger partial charge >= 0.3 is 23.9 Å². The lowest BCUT2D eigenvalue weighted by molar-refractivity contribution is -0.162. The van der Waals surface area contributed by atoms with Crippen molar-refractivity contribution in [1.82, 2.24) is 35.1 Å². The van der Waals surface area contributed by atoms with Crippen molar-refractivity contribution >= 4 is 23.9 Å². The lowest BCUT2D eigenvalue weighted by atomic mass is 9.88. The lowest BCUT2D eigenvalue weighted by Gasteiger charge is -2.39. The number of carbonyl (C=O) groups is 4. The van der Waals surface area contributed by atoms with Crippen molar-refractivity contribution < 1.29 is 43.2 Å². The molecule has 2 heterocycles. The van der Waals surface area contributed by atoms with E-state index in [9.17, 15) is 24.3 Å². The van der Waals surface area contributed by atoms with E-state index in [0.29, 0.717) is 45.4 Å². The van der Waals surface area contributed by atoms with Crippen molar-refractivity contribution in [1.29, 1.82) is 0 Å². The van der Waals surface area contributed by atoms with Crippen LogP contribution in [-0.2, 0) is 38.1 Å².